The van der Waals surface area contributed by atoms with Crippen molar-refractivity contribution in [3.05, 3.63) is 112 Å². The molecule has 3 aromatic carbocycles. The predicted octanol–water partition coefficient (Wildman–Crippen LogP) is 7.13. The molecule has 1 aromatic heterocycles. The zero-order valence-corrected chi connectivity index (χ0v) is 19.2. The molecule has 0 aliphatic rings. The van der Waals surface area contributed by atoms with Crippen LogP contribution in [0.3, 0.4) is 0 Å². The van der Waals surface area contributed by atoms with Gasteiger partial charge >= 0.3 is 0 Å². The first-order valence-electron chi connectivity index (χ1n) is 9.82. The Morgan fingerprint density at radius 1 is 0.844 bits per heavy atom. The average Bonchev–Trinajstić information content (AvgIpc) is 3.35. The summed E-state index contributed by atoms with van der Waals surface area (Å²) in [5.41, 5.74) is 2.11. The number of hydrogen-bond acceptors (Lipinski definition) is 4. The summed E-state index contributed by atoms with van der Waals surface area (Å²) in [6, 6.07) is 27.8. The minimum absolute atomic E-state index is 0.154. The number of para-hydroxylation sites is 1. The van der Waals surface area contributed by atoms with Gasteiger partial charge in [-0.2, -0.15) is 0 Å². The number of anilines is 2. The highest BCUT2D eigenvalue weighted by atomic mass is 35.5. The van der Waals surface area contributed by atoms with Gasteiger partial charge in [0.2, 0.25) is 5.91 Å². The SMILES string of the molecule is O=C(Nc1cccc(SC(C(=O)Nc2ccccc2Cl)c2ccccc2)c1)c1cccs1. The molecule has 0 saturated heterocycles. The molecule has 160 valence electrons. The fraction of sp³-hybridized carbons (Fsp3) is 0.0400. The second-order valence-electron chi connectivity index (χ2n) is 6.84. The van der Waals surface area contributed by atoms with E-state index in [0.717, 1.165) is 10.5 Å². The number of rotatable bonds is 7. The number of carbonyl (C=O) groups excluding carboxylic acids is 2. The van der Waals surface area contributed by atoms with Crippen molar-refractivity contribution in [2.75, 3.05) is 10.6 Å². The fourth-order valence-corrected chi connectivity index (χ4v) is 4.93. The van der Waals surface area contributed by atoms with E-state index < -0.39 is 5.25 Å². The Hall–Kier alpha value is -3.06. The highest BCUT2D eigenvalue weighted by Gasteiger charge is 2.23. The number of amides is 2. The van der Waals surface area contributed by atoms with Crippen molar-refractivity contribution in [1.82, 2.24) is 0 Å². The van der Waals surface area contributed by atoms with Gasteiger partial charge in [0.15, 0.2) is 0 Å². The zero-order valence-electron chi connectivity index (χ0n) is 16.8. The summed E-state index contributed by atoms with van der Waals surface area (Å²) in [7, 11) is 0. The molecule has 1 atom stereocenters. The number of carbonyl (C=O) groups is 2. The molecule has 4 nitrogen and oxygen atoms in total. The van der Waals surface area contributed by atoms with Crippen molar-refractivity contribution < 1.29 is 9.59 Å². The maximum Gasteiger partial charge on any atom is 0.265 e. The van der Waals surface area contributed by atoms with Crippen LogP contribution in [0.1, 0.15) is 20.5 Å². The summed E-state index contributed by atoms with van der Waals surface area (Å²) in [5, 5.41) is 7.69. The van der Waals surface area contributed by atoms with Gasteiger partial charge in [-0.15, -0.1) is 23.1 Å². The summed E-state index contributed by atoms with van der Waals surface area (Å²) in [6.07, 6.45) is 0. The number of benzene rings is 3. The van der Waals surface area contributed by atoms with E-state index in [9.17, 15) is 9.59 Å². The largest absolute Gasteiger partial charge is 0.323 e. The van der Waals surface area contributed by atoms with E-state index in [1.807, 2.05) is 78.2 Å². The van der Waals surface area contributed by atoms with E-state index in [2.05, 4.69) is 10.6 Å². The smallest absolute Gasteiger partial charge is 0.265 e. The maximum absolute atomic E-state index is 13.2. The monoisotopic (exact) mass is 478 g/mol. The molecular formula is C25H19ClN2O2S2. The van der Waals surface area contributed by atoms with Crippen molar-refractivity contribution in [3.8, 4) is 0 Å². The molecule has 2 N–H and O–H groups in total. The van der Waals surface area contributed by atoms with E-state index in [0.29, 0.717) is 21.3 Å². The van der Waals surface area contributed by atoms with Gasteiger partial charge in [0, 0.05) is 10.6 Å². The van der Waals surface area contributed by atoms with Crippen LogP contribution in [-0.2, 0) is 4.79 Å². The Morgan fingerprint density at radius 3 is 2.38 bits per heavy atom. The lowest BCUT2D eigenvalue weighted by atomic mass is 10.1. The molecule has 1 heterocycles. The normalized spacial score (nSPS) is 11.5. The third-order valence-corrected chi connectivity index (χ3v) is 7.01. The van der Waals surface area contributed by atoms with Crippen molar-refractivity contribution in [2.24, 2.45) is 0 Å². The number of hydrogen-bond donors (Lipinski definition) is 2. The van der Waals surface area contributed by atoms with E-state index in [-0.39, 0.29) is 11.8 Å². The molecule has 1 unspecified atom stereocenters. The molecule has 2 amide bonds. The first kappa shape index (κ1) is 22.1. The second kappa shape index (κ2) is 10.5. The Morgan fingerprint density at radius 2 is 1.62 bits per heavy atom. The standard InChI is InChI=1S/C25H19ClN2O2S2/c26-20-12-4-5-13-21(20)28-25(30)23(17-8-2-1-3-9-17)32-19-11-6-10-18(16-19)27-24(29)22-14-7-15-31-22/h1-16,23H,(H,27,29)(H,28,30). The molecule has 4 aromatic rings. The number of nitrogens with one attached hydrogen (secondary N) is 2. The van der Waals surface area contributed by atoms with Crippen molar-refractivity contribution >= 4 is 57.9 Å². The molecule has 4 rings (SSSR count). The third kappa shape index (κ3) is 5.59. The minimum Gasteiger partial charge on any atom is -0.323 e. The van der Waals surface area contributed by atoms with Crippen LogP contribution in [0.15, 0.2) is 101 Å². The van der Waals surface area contributed by atoms with Crippen LogP contribution in [0.4, 0.5) is 11.4 Å². The number of thioether (sulfide) groups is 1. The molecule has 0 spiro atoms. The summed E-state index contributed by atoms with van der Waals surface area (Å²) in [4.78, 5) is 27.1. The van der Waals surface area contributed by atoms with Crippen LogP contribution >= 0.6 is 34.7 Å². The Labute approximate surface area is 199 Å². The molecule has 0 aliphatic carbocycles. The first-order chi connectivity index (χ1) is 15.6. The molecule has 0 bridgehead atoms. The molecule has 32 heavy (non-hydrogen) atoms. The molecule has 0 fully saturated rings. The van der Waals surface area contributed by atoms with Gasteiger partial charge in [0.25, 0.3) is 5.91 Å². The summed E-state index contributed by atoms with van der Waals surface area (Å²) in [5.74, 6) is -0.333. The Kier molecular flexibility index (Phi) is 7.27. The van der Waals surface area contributed by atoms with Gasteiger partial charge in [-0.3, -0.25) is 9.59 Å². The molecule has 0 saturated carbocycles. The average molecular weight is 479 g/mol. The number of halogens is 1. The highest BCUT2D eigenvalue weighted by molar-refractivity contribution is 8.00. The van der Waals surface area contributed by atoms with E-state index in [1.165, 1.54) is 23.1 Å². The van der Waals surface area contributed by atoms with Crippen molar-refractivity contribution in [1.29, 1.82) is 0 Å². The van der Waals surface area contributed by atoms with Gasteiger partial charge < -0.3 is 10.6 Å². The molecule has 0 radical (unpaired) electrons. The summed E-state index contributed by atoms with van der Waals surface area (Å²) >= 11 is 9.03. The van der Waals surface area contributed by atoms with E-state index >= 15 is 0 Å². The van der Waals surface area contributed by atoms with Crippen LogP contribution in [0, 0.1) is 0 Å². The lowest BCUT2D eigenvalue weighted by molar-refractivity contribution is -0.115. The van der Waals surface area contributed by atoms with Gasteiger partial charge in [-0.1, -0.05) is 66.2 Å². The summed E-state index contributed by atoms with van der Waals surface area (Å²) in [6.45, 7) is 0. The minimum atomic E-state index is -0.504. The van der Waals surface area contributed by atoms with Crippen molar-refractivity contribution in [2.45, 2.75) is 10.1 Å². The van der Waals surface area contributed by atoms with Gasteiger partial charge in [0.05, 0.1) is 15.6 Å². The van der Waals surface area contributed by atoms with Gasteiger partial charge in [0.1, 0.15) is 5.25 Å². The lowest BCUT2D eigenvalue weighted by Crippen LogP contribution is -2.19. The highest BCUT2D eigenvalue weighted by Crippen LogP contribution is 2.37. The molecular weight excluding hydrogens is 460 g/mol. The van der Waals surface area contributed by atoms with Crippen LogP contribution in [-0.4, -0.2) is 11.8 Å². The lowest BCUT2D eigenvalue weighted by Gasteiger charge is -2.18. The third-order valence-electron chi connectivity index (χ3n) is 4.56. The van der Waals surface area contributed by atoms with Crippen LogP contribution in [0.2, 0.25) is 5.02 Å². The maximum atomic E-state index is 13.2. The summed E-state index contributed by atoms with van der Waals surface area (Å²) < 4.78 is 0. The quantitative estimate of drug-likeness (QED) is 0.278. The van der Waals surface area contributed by atoms with E-state index in [4.69, 9.17) is 11.6 Å². The van der Waals surface area contributed by atoms with E-state index in [1.54, 1.807) is 18.2 Å². The van der Waals surface area contributed by atoms with Crippen LogP contribution in [0.25, 0.3) is 0 Å². The second-order valence-corrected chi connectivity index (χ2v) is 9.37. The zero-order chi connectivity index (χ0) is 22.3. The fourth-order valence-electron chi connectivity index (χ4n) is 3.05. The first-order valence-corrected chi connectivity index (χ1v) is 12.0. The van der Waals surface area contributed by atoms with Crippen LogP contribution in [0.5, 0.6) is 0 Å². The van der Waals surface area contributed by atoms with Gasteiger partial charge in [-0.05, 0) is 47.3 Å². The molecule has 7 heteroatoms. The predicted molar refractivity (Wildman–Crippen MR) is 134 cm³/mol. The topological polar surface area (TPSA) is 58.2 Å². The Bertz CT molecular complexity index is 1210. The number of thiophene rings is 1. The van der Waals surface area contributed by atoms with Crippen molar-refractivity contribution in [3.63, 3.8) is 0 Å². The van der Waals surface area contributed by atoms with Gasteiger partial charge in [-0.25, -0.2) is 0 Å². The van der Waals surface area contributed by atoms with Crippen LogP contribution < -0.4 is 10.6 Å². The molecule has 0 aliphatic heterocycles. The Balaban J connectivity index is 1.55.